The summed E-state index contributed by atoms with van der Waals surface area (Å²) in [6, 6.07) is 14.1. The van der Waals surface area contributed by atoms with E-state index in [2.05, 4.69) is 19.9 Å². The number of rotatable bonds is 7. The lowest BCUT2D eigenvalue weighted by atomic mass is 10.1. The maximum absolute atomic E-state index is 12.9. The predicted octanol–water partition coefficient (Wildman–Crippen LogP) is 4.18. The van der Waals surface area contributed by atoms with Crippen molar-refractivity contribution in [3.05, 3.63) is 78.3 Å². The molecule has 13 heteroatoms. The van der Waals surface area contributed by atoms with Gasteiger partial charge in [-0.25, -0.2) is 13.4 Å². The fourth-order valence-corrected chi connectivity index (χ4v) is 4.43. The molecule has 0 aliphatic carbocycles. The minimum atomic E-state index is -4.90. The number of nitrogen functional groups attached to an aromatic ring is 1. The third-order valence-electron chi connectivity index (χ3n) is 4.78. The lowest BCUT2D eigenvalue weighted by Crippen LogP contribution is -2.17. The minimum Gasteiger partial charge on any atom is -0.416 e. The van der Waals surface area contributed by atoms with Crippen LogP contribution in [-0.2, 0) is 14.6 Å². The van der Waals surface area contributed by atoms with Crippen molar-refractivity contribution >= 4 is 15.5 Å². The number of hydrogen-bond acceptors (Lipinski definition) is 9. The number of anilines is 1. The van der Waals surface area contributed by atoms with Crippen molar-refractivity contribution in [3.63, 3.8) is 0 Å². The molecule has 4 aromatic rings. The molecule has 0 saturated heterocycles. The third-order valence-corrected chi connectivity index (χ3v) is 6.51. The maximum atomic E-state index is 12.9. The van der Waals surface area contributed by atoms with Crippen LogP contribution in [0.5, 0.6) is 5.75 Å². The first-order chi connectivity index (χ1) is 16.6. The molecule has 0 bridgehead atoms. The summed E-state index contributed by atoms with van der Waals surface area (Å²) in [7, 11) is -2.65. The van der Waals surface area contributed by atoms with E-state index in [0.29, 0.717) is 0 Å². The summed E-state index contributed by atoms with van der Waals surface area (Å²) >= 11 is 0. The van der Waals surface area contributed by atoms with Gasteiger partial charge < -0.3 is 19.6 Å². The number of benzene rings is 2. The lowest BCUT2D eigenvalue weighted by Gasteiger charge is -2.11. The number of pyridine rings is 1. The summed E-state index contributed by atoms with van der Waals surface area (Å²) in [5, 5.41) is 7.92. The first-order valence-corrected chi connectivity index (χ1v) is 11.3. The van der Waals surface area contributed by atoms with Gasteiger partial charge in [0.1, 0.15) is 5.75 Å². The highest BCUT2D eigenvalue weighted by Crippen LogP contribution is 2.31. The summed E-state index contributed by atoms with van der Waals surface area (Å²) in [6.07, 6.45) is -4.49. The Bertz CT molecular complexity index is 1430. The van der Waals surface area contributed by atoms with Crippen LogP contribution in [0, 0.1) is 0 Å². The lowest BCUT2D eigenvalue weighted by molar-refractivity contribution is -0.274. The topological polar surface area (TPSA) is 130 Å². The van der Waals surface area contributed by atoms with Gasteiger partial charge in [-0.3, -0.25) is 0 Å². The number of ether oxygens (including phenoxy) is 2. The standard InChI is InChI=1S/C22H17F3N4O5S/c1-32-19(13-5-3-2-4-6-13)21-29-28-20(33-21)18-17(26)11-16(12-27-18)35(30,31)15-9-7-14(8-10-15)34-22(23,24)25/h2-12,19H,26H2,1H3/t19-/m0/s1. The second-order valence-electron chi connectivity index (χ2n) is 7.10. The second-order valence-corrected chi connectivity index (χ2v) is 9.05. The predicted molar refractivity (Wildman–Crippen MR) is 116 cm³/mol. The molecule has 0 spiro atoms. The van der Waals surface area contributed by atoms with E-state index in [-0.39, 0.29) is 33.0 Å². The van der Waals surface area contributed by atoms with Gasteiger partial charge in [-0.2, -0.15) is 0 Å². The summed E-state index contributed by atoms with van der Waals surface area (Å²) in [5.74, 6) is -0.456. The molecule has 2 heterocycles. The highest BCUT2D eigenvalue weighted by Gasteiger charge is 2.31. The molecule has 1 atom stereocenters. The Labute approximate surface area is 197 Å². The molecule has 9 nitrogen and oxygen atoms in total. The van der Waals surface area contributed by atoms with Gasteiger partial charge in [0, 0.05) is 13.3 Å². The smallest absolute Gasteiger partial charge is 0.416 e. The van der Waals surface area contributed by atoms with Crippen LogP contribution in [0.25, 0.3) is 11.6 Å². The largest absolute Gasteiger partial charge is 0.573 e. The Hall–Kier alpha value is -3.97. The molecular weight excluding hydrogens is 489 g/mol. The van der Waals surface area contributed by atoms with Crippen molar-refractivity contribution in [1.29, 1.82) is 0 Å². The van der Waals surface area contributed by atoms with E-state index in [1.807, 2.05) is 30.3 Å². The minimum absolute atomic E-state index is 0.0481. The maximum Gasteiger partial charge on any atom is 0.573 e. The zero-order valence-electron chi connectivity index (χ0n) is 17.9. The van der Waals surface area contributed by atoms with Crippen LogP contribution < -0.4 is 10.5 Å². The number of nitrogens with two attached hydrogens (primary N) is 1. The van der Waals surface area contributed by atoms with Crippen LogP contribution >= 0.6 is 0 Å². The van der Waals surface area contributed by atoms with Gasteiger partial charge in [-0.05, 0) is 35.9 Å². The fraction of sp³-hybridized carbons (Fsp3) is 0.136. The van der Waals surface area contributed by atoms with E-state index in [0.717, 1.165) is 42.1 Å². The van der Waals surface area contributed by atoms with Crippen LogP contribution in [0.2, 0.25) is 0 Å². The summed E-state index contributed by atoms with van der Waals surface area (Å²) in [6.45, 7) is 0. The normalized spacial score (nSPS) is 12.9. The molecule has 0 unspecified atom stereocenters. The molecule has 2 N–H and O–H groups in total. The molecule has 0 radical (unpaired) electrons. The summed E-state index contributed by atoms with van der Waals surface area (Å²) in [5.41, 5.74) is 6.79. The SMILES string of the molecule is CO[C@@H](c1ccccc1)c1nnc(-c2ncc(S(=O)(=O)c3ccc(OC(F)(F)F)cc3)cc2N)o1. The van der Waals surface area contributed by atoms with Crippen molar-refractivity contribution in [2.75, 3.05) is 12.8 Å². The molecule has 0 saturated carbocycles. The zero-order valence-corrected chi connectivity index (χ0v) is 18.7. The van der Waals surface area contributed by atoms with Gasteiger partial charge in [0.25, 0.3) is 5.89 Å². The van der Waals surface area contributed by atoms with E-state index < -0.39 is 28.1 Å². The quantitative estimate of drug-likeness (QED) is 0.392. The fourth-order valence-electron chi connectivity index (χ4n) is 3.19. The molecular formula is C22H17F3N4O5S. The van der Waals surface area contributed by atoms with Crippen LogP contribution in [0.1, 0.15) is 17.6 Å². The second kappa shape index (κ2) is 9.35. The van der Waals surface area contributed by atoms with Gasteiger partial charge in [-0.15, -0.1) is 23.4 Å². The Balaban J connectivity index is 1.59. The van der Waals surface area contributed by atoms with E-state index >= 15 is 0 Å². The molecule has 0 aliphatic rings. The van der Waals surface area contributed by atoms with Crippen molar-refractivity contribution in [3.8, 4) is 17.3 Å². The van der Waals surface area contributed by atoms with Crippen LogP contribution in [-0.4, -0.2) is 37.1 Å². The molecule has 35 heavy (non-hydrogen) atoms. The third kappa shape index (κ3) is 5.25. The monoisotopic (exact) mass is 506 g/mol. The number of nitrogens with zero attached hydrogens (tertiary/aromatic N) is 3. The average Bonchev–Trinajstić information content (AvgIpc) is 3.29. The van der Waals surface area contributed by atoms with Crippen LogP contribution in [0.4, 0.5) is 18.9 Å². The number of sulfone groups is 1. The Morgan fingerprint density at radius 3 is 2.29 bits per heavy atom. The first kappa shape index (κ1) is 24.2. The van der Waals surface area contributed by atoms with Gasteiger partial charge in [-0.1, -0.05) is 30.3 Å². The van der Waals surface area contributed by atoms with E-state index in [9.17, 15) is 21.6 Å². The van der Waals surface area contributed by atoms with Crippen LogP contribution in [0.3, 0.4) is 0 Å². The number of aromatic nitrogens is 3. The van der Waals surface area contributed by atoms with E-state index in [1.54, 1.807) is 0 Å². The van der Waals surface area contributed by atoms with Gasteiger partial charge in [0.05, 0.1) is 15.5 Å². The molecule has 4 rings (SSSR count). The molecule has 0 aliphatic heterocycles. The van der Waals surface area contributed by atoms with E-state index in [4.69, 9.17) is 14.9 Å². The number of hydrogen-bond donors (Lipinski definition) is 1. The Morgan fingerprint density at radius 1 is 1.00 bits per heavy atom. The number of halogens is 3. The molecule has 182 valence electrons. The first-order valence-electron chi connectivity index (χ1n) is 9.86. The summed E-state index contributed by atoms with van der Waals surface area (Å²) in [4.78, 5) is 3.52. The van der Waals surface area contributed by atoms with Gasteiger partial charge >= 0.3 is 6.36 Å². The molecule has 2 aromatic carbocycles. The molecule has 0 fully saturated rings. The summed E-state index contributed by atoms with van der Waals surface area (Å²) < 4.78 is 77.7. The highest BCUT2D eigenvalue weighted by molar-refractivity contribution is 7.91. The van der Waals surface area contributed by atoms with Crippen molar-refractivity contribution in [2.45, 2.75) is 22.3 Å². The Kier molecular flexibility index (Phi) is 6.45. The van der Waals surface area contributed by atoms with Crippen molar-refractivity contribution < 1.29 is 35.5 Å². The molecule has 0 amide bonds. The van der Waals surface area contributed by atoms with Crippen molar-refractivity contribution in [1.82, 2.24) is 15.2 Å². The molecule has 2 aromatic heterocycles. The van der Waals surface area contributed by atoms with Gasteiger partial charge in [0.15, 0.2) is 11.8 Å². The number of alkyl halides is 3. The highest BCUT2D eigenvalue weighted by atomic mass is 32.2. The Morgan fingerprint density at radius 2 is 1.69 bits per heavy atom. The zero-order chi connectivity index (χ0) is 25.2. The van der Waals surface area contributed by atoms with Crippen molar-refractivity contribution in [2.24, 2.45) is 0 Å². The average molecular weight is 506 g/mol. The van der Waals surface area contributed by atoms with Crippen LogP contribution in [0.15, 0.2) is 81.1 Å². The van der Waals surface area contributed by atoms with Gasteiger partial charge in [0.2, 0.25) is 15.7 Å². The van der Waals surface area contributed by atoms with E-state index in [1.165, 1.54) is 7.11 Å². The number of methoxy groups -OCH3 is 1.